The fourth-order valence-corrected chi connectivity index (χ4v) is 2.13. The molecule has 1 fully saturated rings. The van der Waals surface area contributed by atoms with Gasteiger partial charge in [-0.3, -0.25) is 0 Å². The van der Waals surface area contributed by atoms with Gasteiger partial charge in [0, 0.05) is 6.54 Å². The molecule has 0 spiro atoms. The first-order chi connectivity index (χ1) is 7.34. The third kappa shape index (κ3) is 3.18. The summed E-state index contributed by atoms with van der Waals surface area (Å²) in [6, 6.07) is 4.00. The number of hydrogen-bond donors (Lipinski definition) is 1. The summed E-state index contributed by atoms with van der Waals surface area (Å²) >= 11 is 0. The van der Waals surface area contributed by atoms with Gasteiger partial charge in [-0.25, -0.2) is 0 Å². The quantitative estimate of drug-likeness (QED) is 0.824. The molecule has 1 heterocycles. The highest BCUT2D eigenvalue weighted by molar-refractivity contribution is 5.32. The Hall–Kier alpha value is -1.12. The van der Waals surface area contributed by atoms with Crippen molar-refractivity contribution >= 4 is 5.82 Å². The molecule has 1 N–H and O–H groups in total. The van der Waals surface area contributed by atoms with E-state index in [1.165, 1.54) is 32.1 Å². The van der Waals surface area contributed by atoms with Crippen molar-refractivity contribution in [2.45, 2.75) is 39.0 Å². The maximum Gasteiger partial charge on any atom is 0.148 e. The van der Waals surface area contributed by atoms with Gasteiger partial charge in [0.25, 0.3) is 0 Å². The van der Waals surface area contributed by atoms with Crippen molar-refractivity contribution in [2.24, 2.45) is 5.92 Å². The molecule has 0 radical (unpaired) electrons. The second-order valence-corrected chi connectivity index (χ2v) is 4.44. The molecule has 1 aromatic heterocycles. The van der Waals surface area contributed by atoms with Gasteiger partial charge >= 0.3 is 0 Å². The fourth-order valence-electron chi connectivity index (χ4n) is 2.13. The number of hydrogen-bond acceptors (Lipinski definition) is 3. The van der Waals surface area contributed by atoms with Gasteiger partial charge in [-0.1, -0.05) is 19.3 Å². The van der Waals surface area contributed by atoms with E-state index in [-0.39, 0.29) is 0 Å². The molecule has 2 rings (SSSR count). The zero-order valence-corrected chi connectivity index (χ0v) is 9.37. The number of rotatable bonds is 3. The normalized spacial score (nSPS) is 17.7. The van der Waals surface area contributed by atoms with Crippen LogP contribution in [0.1, 0.15) is 37.8 Å². The molecule has 15 heavy (non-hydrogen) atoms. The first-order valence-electron chi connectivity index (χ1n) is 5.89. The monoisotopic (exact) mass is 205 g/mol. The Labute approximate surface area is 91.3 Å². The van der Waals surface area contributed by atoms with E-state index in [1.54, 1.807) is 0 Å². The molecule has 0 saturated heterocycles. The van der Waals surface area contributed by atoms with Crippen molar-refractivity contribution < 1.29 is 0 Å². The lowest BCUT2D eigenvalue weighted by molar-refractivity contribution is 0.373. The van der Waals surface area contributed by atoms with Crippen molar-refractivity contribution in [3.8, 4) is 0 Å². The molecule has 3 heteroatoms. The van der Waals surface area contributed by atoms with Gasteiger partial charge in [0.15, 0.2) is 0 Å². The van der Waals surface area contributed by atoms with Crippen molar-refractivity contribution in [1.29, 1.82) is 0 Å². The van der Waals surface area contributed by atoms with Crippen LogP contribution in [-0.4, -0.2) is 16.7 Å². The van der Waals surface area contributed by atoms with Crippen LogP contribution in [0.4, 0.5) is 5.82 Å². The van der Waals surface area contributed by atoms with Crippen molar-refractivity contribution in [3.05, 3.63) is 17.8 Å². The van der Waals surface area contributed by atoms with Crippen LogP contribution < -0.4 is 5.32 Å². The Morgan fingerprint density at radius 2 is 2.00 bits per heavy atom. The van der Waals surface area contributed by atoms with Crippen LogP contribution in [-0.2, 0) is 0 Å². The first-order valence-corrected chi connectivity index (χ1v) is 5.89. The van der Waals surface area contributed by atoms with E-state index in [2.05, 4.69) is 15.5 Å². The Morgan fingerprint density at radius 1 is 1.20 bits per heavy atom. The Balaban J connectivity index is 1.79. The Kier molecular flexibility index (Phi) is 3.54. The molecule has 0 aromatic carbocycles. The molecule has 1 aliphatic carbocycles. The highest BCUT2D eigenvalue weighted by Crippen LogP contribution is 2.23. The Bertz CT molecular complexity index is 288. The van der Waals surface area contributed by atoms with Gasteiger partial charge in [0.1, 0.15) is 5.82 Å². The maximum absolute atomic E-state index is 4.10. The summed E-state index contributed by atoms with van der Waals surface area (Å²) in [5.41, 5.74) is 0.971. The second kappa shape index (κ2) is 5.10. The predicted molar refractivity (Wildman–Crippen MR) is 61.8 cm³/mol. The first kappa shape index (κ1) is 10.4. The van der Waals surface area contributed by atoms with Crippen LogP contribution in [0.3, 0.4) is 0 Å². The predicted octanol–water partition coefficient (Wildman–Crippen LogP) is 2.78. The largest absolute Gasteiger partial charge is 0.368 e. The van der Waals surface area contributed by atoms with E-state index in [9.17, 15) is 0 Å². The van der Waals surface area contributed by atoms with Crippen molar-refractivity contribution in [3.63, 3.8) is 0 Å². The van der Waals surface area contributed by atoms with E-state index < -0.39 is 0 Å². The van der Waals surface area contributed by atoms with Crippen LogP contribution in [0.15, 0.2) is 12.1 Å². The molecule has 1 saturated carbocycles. The summed E-state index contributed by atoms with van der Waals surface area (Å²) in [5.74, 6) is 1.74. The lowest BCUT2D eigenvalue weighted by atomic mass is 9.89. The number of anilines is 1. The van der Waals surface area contributed by atoms with Gasteiger partial charge < -0.3 is 5.32 Å². The molecule has 1 aromatic rings. The lowest BCUT2D eigenvalue weighted by Gasteiger charge is -2.21. The van der Waals surface area contributed by atoms with Gasteiger partial charge in [-0.05, 0) is 37.8 Å². The molecule has 1 aliphatic rings. The minimum atomic E-state index is 0.835. The van der Waals surface area contributed by atoms with Crippen LogP contribution in [0.5, 0.6) is 0 Å². The summed E-state index contributed by atoms with van der Waals surface area (Å²) < 4.78 is 0. The summed E-state index contributed by atoms with van der Waals surface area (Å²) in [6.45, 7) is 3.01. The molecule has 3 nitrogen and oxygen atoms in total. The topological polar surface area (TPSA) is 37.8 Å². The molecular weight excluding hydrogens is 186 g/mol. The van der Waals surface area contributed by atoms with Crippen LogP contribution in [0.25, 0.3) is 0 Å². The van der Waals surface area contributed by atoms with Crippen LogP contribution >= 0.6 is 0 Å². The van der Waals surface area contributed by atoms with Crippen LogP contribution in [0.2, 0.25) is 0 Å². The summed E-state index contributed by atoms with van der Waals surface area (Å²) in [6.07, 6.45) is 6.94. The minimum Gasteiger partial charge on any atom is -0.368 e. The molecule has 0 bridgehead atoms. The lowest BCUT2D eigenvalue weighted by Crippen LogP contribution is -2.17. The molecular formula is C12H19N3. The number of aryl methyl sites for hydroxylation is 1. The highest BCUT2D eigenvalue weighted by atomic mass is 15.2. The standard InChI is InChI=1S/C12H19N3/c1-10-7-8-12(15-14-10)13-9-11-5-3-2-4-6-11/h7-8,11H,2-6,9H2,1H3,(H,13,15). The average Bonchev–Trinajstić information content (AvgIpc) is 2.30. The van der Waals surface area contributed by atoms with E-state index in [4.69, 9.17) is 0 Å². The second-order valence-electron chi connectivity index (χ2n) is 4.44. The third-order valence-electron chi connectivity index (χ3n) is 3.09. The molecule has 0 atom stereocenters. The number of aromatic nitrogens is 2. The summed E-state index contributed by atoms with van der Waals surface area (Å²) in [4.78, 5) is 0. The van der Waals surface area contributed by atoms with Crippen molar-refractivity contribution in [1.82, 2.24) is 10.2 Å². The summed E-state index contributed by atoms with van der Waals surface area (Å²) in [5, 5.41) is 11.5. The van der Waals surface area contributed by atoms with Gasteiger partial charge in [0.2, 0.25) is 0 Å². The zero-order chi connectivity index (χ0) is 10.5. The molecule has 0 amide bonds. The SMILES string of the molecule is Cc1ccc(NCC2CCCCC2)nn1. The van der Waals surface area contributed by atoms with E-state index in [0.29, 0.717) is 0 Å². The zero-order valence-electron chi connectivity index (χ0n) is 9.37. The average molecular weight is 205 g/mol. The minimum absolute atomic E-state index is 0.835. The maximum atomic E-state index is 4.10. The van der Waals surface area contributed by atoms with E-state index in [0.717, 1.165) is 24.0 Å². The van der Waals surface area contributed by atoms with Gasteiger partial charge in [-0.2, -0.15) is 5.10 Å². The molecule has 82 valence electrons. The van der Waals surface area contributed by atoms with Gasteiger partial charge in [-0.15, -0.1) is 5.10 Å². The van der Waals surface area contributed by atoms with E-state index >= 15 is 0 Å². The van der Waals surface area contributed by atoms with E-state index in [1.807, 2.05) is 19.1 Å². The van der Waals surface area contributed by atoms with Crippen LogP contribution in [0, 0.1) is 12.8 Å². The summed E-state index contributed by atoms with van der Waals surface area (Å²) in [7, 11) is 0. The van der Waals surface area contributed by atoms with Gasteiger partial charge in [0.05, 0.1) is 5.69 Å². The third-order valence-corrected chi connectivity index (χ3v) is 3.09. The smallest absolute Gasteiger partial charge is 0.148 e. The molecule has 0 unspecified atom stereocenters. The number of nitrogens with zero attached hydrogens (tertiary/aromatic N) is 2. The highest BCUT2D eigenvalue weighted by Gasteiger charge is 2.12. The fraction of sp³-hybridized carbons (Fsp3) is 0.667. The van der Waals surface area contributed by atoms with Crippen molar-refractivity contribution in [2.75, 3.05) is 11.9 Å². The molecule has 0 aliphatic heterocycles. The number of nitrogens with one attached hydrogen (secondary N) is 1. The Morgan fingerprint density at radius 3 is 2.67 bits per heavy atom.